The third kappa shape index (κ3) is 9.65. The second kappa shape index (κ2) is 4.30. The molecule has 0 fully saturated rings. The fourth-order valence-electron chi connectivity index (χ4n) is 0.168. The van der Waals surface area contributed by atoms with Crippen LogP contribution in [0.3, 0.4) is 0 Å². The molecule has 0 heterocycles. The van der Waals surface area contributed by atoms with Gasteiger partial charge in [-0.05, 0) is 0 Å². The third-order valence-electron chi connectivity index (χ3n) is 0.367. The van der Waals surface area contributed by atoms with Crippen LogP contribution >= 0.6 is 7.60 Å². The fourth-order valence-corrected chi connectivity index (χ4v) is 0.505. The van der Waals surface area contributed by atoms with Crippen LogP contribution in [0.15, 0.2) is 12.7 Å². The Morgan fingerprint density at radius 2 is 2.00 bits per heavy atom. The van der Waals surface area contributed by atoms with Gasteiger partial charge in [0.05, 0.1) is 6.16 Å². The molecule has 50 valence electrons. The van der Waals surface area contributed by atoms with Crippen LogP contribution in [-0.4, -0.2) is 15.9 Å². The van der Waals surface area contributed by atoms with Gasteiger partial charge in [-0.25, -0.2) is 0 Å². The minimum absolute atomic E-state index is 0. The monoisotopic (exact) mass is 178 g/mol. The van der Waals surface area contributed by atoms with E-state index >= 15 is 0 Å². The van der Waals surface area contributed by atoms with Gasteiger partial charge >= 0.3 is 7.60 Å². The van der Waals surface area contributed by atoms with Crippen LogP contribution in [0, 0.1) is 0 Å². The molecule has 2 N–H and O–H groups in total. The molecule has 0 aliphatic heterocycles. The maximum Gasteiger partial charge on any atom is 0.329 e. The molecular weight excluding hydrogens is 171 g/mol. The Bertz CT molecular complexity index is 107. The standard InChI is InChI=1S/C3H7O3P.Fe/c1-2-3-7(4,5)6;/h2H,1,3H2,(H2,4,5,6);. The molecule has 0 atom stereocenters. The minimum atomic E-state index is -3.78. The maximum atomic E-state index is 9.85. The van der Waals surface area contributed by atoms with Crippen LogP contribution in [0.5, 0.6) is 0 Å². The van der Waals surface area contributed by atoms with E-state index < -0.39 is 7.60 Å². The smallest absolute Gasteiger partial charge is 0.324 e. The molecule has 5 heteroatoms. The number of hydrogen-bond acceptors (Lipinski definition) is 1. The molecule has 0 spiro atoms. The van der Waals surface area contributed by atoms with Crippen LogP contribution in [0.25, 0.3) is 0 Å². The fraction of sp³-hybridized carbons (Fsp3) is 0.333. The Kier molecular flexibility index (Phi) is 6.05. The van der Waals surface area contributed by atoms with Crippen molar-refractivity contribution >= 4 is 7.60 Å². The van der Waals surface area contributed by atoms with Crippen molar-refractivity contribution in [3.63, 3.8) is 0 Å². The molecule has 3 nitrogen and oxygen atoms in total. The Labute approximate surface area is 58.4 Å². The van der Waals surface area contributed by atoms with E-state index in [0.29, 0.717) is 0 Å². The Morgan fingerprint density at radius 1 is 1.62 bits per heavy atom. The molecule has 0 saturated carbocycles. The molecule has 0 aromatic carbocycles. The third-order valence-corrected chi connectivity index (χ3v) is 1.10. The molecule has 0 radical (unpaired) electrons. The summed E-state index contributed by atoms with van der Waals surface area (Å²) in [6.07, 6.45) is 0.966. The molecule has 0 aromatic heterocycles. The molecule has 0 rings (SSSR count). The van der Waals surface area contributed by atoms with Gasteiger partial charge in [-0.1, -0.05) is 6.08 Å². The molecule has 0 aromatic rings. The van der Waals surface area contributed by atoms with E-state index in [1.807, 2.05) is 0 Å². The van der Waals surface area contributed by atoms with Gasteiger partial charge < -0.3 is 9.79 Å². The first-order chi connectivity index (χ1) is 3.06. The van der Waals surface area contributed by atoms with Gasteiger partial charge in [0.25, 0.3) is 0 Å². The van der Waals surface area contributed by atoms with Gasteiger partial charge in [0, 0.05) is 17.1 Å². The molecule has 0 aliphatic rings. The van der Waals surface area contributed by atoms with Crippen LogP contribution in [0.2, 0.25) is 0 Å². The van der Waals surface area contributed by atoms with Gasteiger partial charge in [-0.3, -0.25) is 4.57 Å². The summed E-state index contributed by atoms with van der Waals surface area (Å²) in [5.74, 6) is 0. The largest absolute Gasteiger partial charge is 0.329 e. The molecule has 0 amide bonds. The van der Waals surface area contributed by atoms with E-state index in [4.69, 9.17) is 9.79 Å². The summed E-state index contributed by atoms with van der Waals surface area (Å²) in [5.41, 5.74) is 0. The maximum absolute atomic E-state index is 9.85. The number of allylic oxidation sites excluding steroid dienone is 1. The predicted octanol–water partition coefficient (Wildman–Crippen LogP) is 0.348. The van der Waals surface area contributed by atoms with E-state index in [1.165, 1.54) is 6.08 Å². The Morgan fingerprint density at radius 3 is 2.00 bits per heavy atom. The van der Waals surface area contributed by atoms with Crippen LogP contribution in [0.4, 0.5) is 0 Å². The topological polar surface area (TPSA) is 57.5 Å². The summed E-state index contributed by atoms with van der Waals surface area (Å²) in [4.78, 5) is 16.1. The summed E-state index contributed by atoms with van der Waals surface area (Å²) in [6, 6.07) is 0. The summed E-state index contributed by atoms with van der Waals surface area (Å²) in [5, 5.41) is 0. The van der Waals surface area contributed by atoms with Crippen molar-refractivity contribution < 1.29 is 31.4 Å². The molecule has 0 unspecified atom stereocenters. The second-order valence-electron chi connectivity index (χ2n) is 1.14. The quantitative estimate of drug-likeness (QED) is 0.364. The first-order valence-corrected chi connectivity index (χ1v) is 3.51. The predicted molar refractivity (Wildman–Crippen MR) is 27.1 cm³/mol. The SMILES string of the molecule is C=CCP(=O)(O)O.[Fe]. The normalized spacial score (nSPS) is 9.75. The van der Waals surface area contributed by atoms with E-state index in [2.05, 4.69) is 6.58 Å². The van der Waals surface area contributed by atoms with Crippen molar-refractivity contribution in [3.05, 3.63) is 12.7 Å². The summed E-state index contributed by atoms with van der Waals surface area (Å²) < 4.78 is 9.85. The molecule has 0 bridgehead atoms. The van der Waals surface area contributed by atoms with Gasteiger partial charge in [0.1, 0.15) is 0 Å². The van der Waals surface area contributed by atoms with Crippen molar-refractivity contribution in [2.75, 3.05) is 6.16 Å². The van der Waals surface area contributed by atoms with E-state index in [0.717, 1.165) is 0 Å². The summed E-state index contributed by atoms with van der Waals surface area (Å²) in [7, 11) is -3.78. The summed E-state index contributed by atoms with van der Waals surface area (Å²) >= 11 is 0. The molecule has 8 heavy (non-hydrogen) atoms. The van der Waals surface area contributed by atoms with Crippen LogP contribution in [-0.2, 0) is 21.6 Å². The second-order valence-corrected chi connectivity index (χ2v) is 2.83. The first-order valence-electron chi connectivity index (χ1n) is 1.72. The Balaban J connectivity index is 0. The zero-order valence-electron chi connectivity index (χ0n) is 4.10. The van der Waals surface area contributed by atoms with Crippen molar-refractivity contribution in [2.24, 2.45) is 0 Å². The van der Waals surface area contributed by atoms with Gasteiger partial charge in [-0.2, -0.15) is 0 Å². The first kappa shape index (κ1) is 11.2. The Hall–Kier alpha value is 0.409. The van der Waals surface area contributed by atoms with Crippen LogP contribution < -0.4 is 0 Å². The van der Waals surface area contributed by atoms with Crippen LogP contribution in [0.1, 0.15) is 0 Å². The van der Waals surface area contributed by atoms with Gasteiger partial charge in [-0.15, -0.1) is 6.58 Å². The molecule has 0 saturated heterocycles. The van der Waals surface area contributed by atoms with Crippen molar-refractivity contribution in [1.29, 1.82) is 0 Å². The zero-order chi connectivity index (χ0) is 5.91. The van der Waals surface area contributed by atoms with Crippen molar-refractivity contribution in [1.82, 2.24) is 0 Å². The van der Waals surface area contributed by atoms with Gasteiger partial charge in [0.15, 0.2) is 0 Å². The zero-order valence-corrected chi connectivity index (χ0v) is 6.09. The number of hydrogen-bond donors (Lipinski definition) is 2. The van der Waals surface area contributed by atoms with E-state index in [-0.39, 0.29) is 23.2 Å². The van der Waals surface area contributed by atoms with E-state index in [1.54, 1.807) is 0 Å². The average Bonchev–Trinajstić information content (AvgIpc) is 1.30. The molecular formula is C3H7FeO3P. The summed E-state index contributed by atoms with van der Waals surface area (Å²) in [6.45, 7) is 3.15. The van der Waals surface area contributed by atoms with E-state index in [9.17, 15) is 4.57 Å². The van der Waals surface area contributed by atoms with Gasteiger partial charge in [0.2, 0.25) is 0 Å². The minimum Gasteiger partial charge on any atom is -0.324 e. The molecule has 0 aliphatic carbocycles. The average molecular weight is 178 g/mol. The van der Waals surface area contributed by atoms with Crippen molar-refractivity contribution in [3.8, 4) is 0 Å². The van der Waals surface area contributed by atoms with Crippen molar-refractivity contribution in [2.45, 2.75) is 0 Å². The number of rotatable bonds is 2.